The van der Waals surface area contributed by atoms with E-state index in [1.165, 1.54) is 7.11 Å². The van der Waals surface area contributed by atoms with Gasteiger partial charge in [-0.1, -0.05) is 30.8 Å². The molecule has 0 bridgehead atoms. The number of methoxy groups -OCH3 is 1. The number of nitrogens with one attached hydrogen (secondary N) is 1. The van der Waals surface area contributed by atoms with Crippen LogP contribution in [0.15, 0.2) is 5.11 Å². The Morgan fingerprint density at radius 2 is 1.88 bits per heavy atom. The maximum Gasteiger partial charge on any atom is 0.408 e. The molecule has 0 heterocycles. The normalized spacial score (nSPS) is 15.4. The van der Waals surface area contributed by atoms with E-state index in [0.717, 1.165) is 57.8 Å². The molecule has 0 aliphatic heterocycles. The van der Waals surface area contributed by atoms with Gasteiger partial charge in [-0.3, -0.25) is 0 Å². The summed E-state index contributed by atoms with van der Waals surface area (Å²) in [6.07, 6.45) is 8.54. The molecule has 0 aromatic rings. The van der Waals surface area contributed by atoms with Crippen LogP contribution in [0.2, 0.25) is 0 Å². The van der Waals surface area contributed by atoms with Gasteiger partial charge in [-0.2, -0.15) is 0 Å². The van der Waals surface area contributed by atoms with Gasteiger partial charge < -0.3 is 14.8 Å². The molecular formula is C16H28N4O4. The van der Waals surface area contributed by atoms with E-state index < -0.39 is 18.1 Å². The average molecular weight is 340 g/mol. The van der Waals surface area contributed by atoms with E-state index in [1.807, 2.05) is 0 Å². The molecule has 1 atom stereocenters. The van der Waals surface area contributed by atoms with Crippen LogP contribution in [0.4, 0.5) is 4.79 Å². The number of carbonyl (C=O) groups is 2. The highest BCUT2D eigenvalue weighted by Crippen LogP contribution is 2.21. The summed E-state index contributed by atoms with van der Waals surface area (Å²) in [6.45, 7) is 0.524. The van der Waals surface area contributed by atoms with Crippen LogP contribution in [-0.2, 0) is 14.3 Å². The van der Waals surface area contributed by atoms with Crippen molar-refractivity contribution in [2.24, 2.45) is 5.11 Å². The lowest BCUT2D eigenvalue weighted by atomic mass is 10.1. The average Bonchev–Trinajstić information content (AvgIpc) is 3.08. The zero-order valence-electron chi connectivity index (χ0n) is 14.4. The van der Waals surface area contributed by atoms with Crippen molar-refractivity contribution >= 4 is 12.1 Å². The van der Waals surface area contributed by atoms with Crippen LogP contribution in [-0.4, -0.2) is 37.9 Å². The predicted molar refractivity (Wildman–Crippen MR) is 89.4 cm³/mol. The van der Waals surface area contributed by atoms with E-state index in [0.29, 0.717) is 13.0 Å². The minimum absolute atomic E-state index is 0.0284. The highest BCUT2D eigenvalue weighted by Gasteiger charge is 2.24. The van der Waals surface area contributed by atoms with Crippen molar-refractivity contribution in [3.63, 3.8) is 0 Å². The second-order valence-electron chi connectivity index (χ2n) is 6.04. The standard InChI is InChI=1S/C16H28N4O4/c1-23-15(21)14(11-5-3-2-4-8-12-18-20-17)19-16(22)24-13-9-6-7-10-13/h13-14H,2-12H2,1H3,(H,19,22)/t14-/m0/s1. The first-order valence-electron chi connectivity index (χ1n) is 8.73. The lowest BCUT2D eigenvalue weighted by Gasteiger charge is -2.18. The second-order valence-corrected chi connectivity index (χ2v) is 6.04. The summed E-state index contributed by atoms with van der Waals surface area (Å²) in [5, 5.41) is 6.11. The van der Waals surface area contributed by atoms with Crippen molar-refractivity contribution in [1.82, 2.24) is 5.32 Å². The summed E-state index contributed by atoms with van der Waals surface area (Å²) in [6, 6.07) is -0.660. The molecule has 8 heteroatoms. The molecular weight excluding hydrogens is 312 g/mol. The van der Waals surface area contributed by atoms with Crippen molar-refractivity contribution in [3.8, 4) is 0 Å². The van der Waals surface area contributed by atoms with Gasteiger partial charge in [0, 0.05) is 11.5 Å². The fraction of sp³-hybridized carbons (Fsp3) is 0.875. The molecule has 24 heavy (non-hydrogen) atoms. The summed E-state index contributed by atoms with van der Waals surface area (Å²) in [5.41, 5.74) is 8.17. The minimum atomic E-state index is -0.660. The molecule has 136 valence electrons. The summed E-state index contributed by atoms with van der Waals surface area (Å²) in [5.74, 6) is -0.443. The van der Waals surface area contributed by atoms with Crippen LogP contribution in [0.5, 0.6) is 0 Å². The molecule has 0 saturated heterocycles. The number of esters is 1. The Morgan fingerprint density at radius 1 is 1.21 bits per heavy atom. The Labute approximate surface area is 142 Å². The van der Waals surface area contributed by atoms with E-state index in [2.05, 4.69) is 15.3 Å². The third-order valence-corrected chi connectivity index (χ3v) is 4.17. The summed E-state index contributed by atoms with van der Waals surface area (Å²) >= 11 is 0. The van der Waals surface area contributed by atoms with Gasteiger partial charge in [0.15, 0.2) is 0 Å². The molecule has 1 aliphatic rings. The summed E-state index contributed by atoms with van der Waals surface area (Å²) in [4.78, 5) is 26.4. The molecule has 0 radical (unpaired) electrons. The zero-order valence-corrected chi connectivity index (χ0v) is 14.4. The van der Waals surface area contributed by atoms with Gasteiger partial charge in [0.05, 0.1) is 7.11 Å². The second kappa shape index (κ2) is 12.5. The van der Waals surface area contributed by atoms with Crippen molar-refractivity contribution in [3.05, 3.63) is 10.4 Å². The monoisotopic (exact) mass is 340 g/mol. The first-order chi connectivity index (χ1) is 11.7. The number of ether oxygens (including phenoxy) is 2. The first-order valence-corrected chi connectivity index (χ1v) is 8.73. The van der Waals surface area contributed by atoms with Crippen LogP contribution in [0.3, 0.4) is 0 Å². The van der Waals surface area contributed by atoms with Gasteiger partial charge in [0.2, 0.25) is 0 Å². The fourth-order valence-electron chi connectivity index (χ4n) is 2.83. The molecule has 1 saturated carbocycles. The summed E-state index contributed by atoms with van der Waals surface area (Å²) in [7, 11) is 1.31. The van der Waals surface area contributed by atoms with Crippen molar-refractivity contribution < 1.29 is 19.1 Å². The van der Waals surface area contributed by atoms with E-state index in [9.17, 15) is 9.59 Å². The van der Waals surface area contributed by atoms with E-state index in [-0.39, 0.29) is 6.10 Å². The Bertz CT molecular complexity index is 432. The molecule has 1 fully saturated rings. The molecule has 1 rings (SSSR count). The molecule has 0 aromatic carbocycles. The number of nitrogens with zero attached hydrogens (tertiary/aromatic N) is 3. The lowest BCUT2D eigenvalue weighted by Crippen LogP contribution is -2.42. The number of azide groups is 1. The quantitative estimate of drug-likeness (QED) is 0.202. The molecule has 1 aliphatic carbocycles. The lowest BCUT2D eigenvalue weighted by molar-refractivity contribution is -0.143. The molecule has 0 unspecified atom stereocenters. The van der Waals surface area contributed by atoms with Gasteiger partial charge in [0.1, 0.15) is 12.1 Å². The molecule has 1 amide bonds. The van der Waals surface area contributed by atoms with Gasteiger partial charge in [-0.25, -0.2) is 9.59 Å². The highest BCUT2D eigenvalue weighted by molar-refractivity contribution is 5.81. The molecule has 0 spiro atoms. The Morgan fingerprint density at radius 3 is 2.54 bits per heavy atom. The Balaban J connectivity index is 2.22. The number of unbranched alkanes of at least 4 members (excludes halogenated alkanes) is 4. The number of hydrogen-bond donors (Lipinski definition) is 1. The van der Waals surface area contributed by atoms with Crippen LogP contribution in [0.1, 0.15) is 64.2 Å². The maximum absolute atomic E-state index is 11.9. The largest absolute Gasteiger partial charge is 0.467 e. The SMILES string of the molecule is COC(=O)[C@H](CCCCCCCN=[N+]=[N-])NC(=O)OC1CCCC1. The third kappa shape index (κ3) is 8.62. The number of alkyl carbamates (subject to hydrolysis) is 1. The van der Waals surface area contributed by atoms with Crippen LogP contribution in [0.25, 0.3) is 10.4 Å². The predicted octanol–water partition coefficient (Wildman–Crippen LogP) is 3.85. The first kappa shape index (κ1) is 20.1. The van der Waals surface area contributed by atoms with E-state index in [4.69, 9.17) is 15.0 Å². The Kier molecular flexibility index (Phi) is 10.4. The molecule has 1 N–H and O–H groups in total. The van der Waals surface area contributed by atoms with Gasteiger partial charge in [-0.15, -0.1) is 0 Å². The topological polar surface area (TPSA) is 113 Å². The number of hydrogen-bond acceptors (Lipinski definition) is 5. The van der Waals surface area contributed by atoms with Gasteiger partial charge >= 0.3 is 12.1 Å². The van der Waals surface area contributed by atoms with Crippen molar-refractivity contribution in [1.29, 1.82) is 0 Å². The Hall–Kier alpha value is -1.95. The highest BCUT2D eigenvalue weighted by atomic mass is 16.6. The van der Waals surface area contributed by atoms with Crippen molar-refractivity contribution in [2.45, 2.75) is 76.4 Å². The number of carbonyl (C=O) groups excluding carboxylic acids is 2. The van der Waals surface area contributed by atoms with E-state index in [1.54, 1.807) is 0 Å². The van der Waals surface area contributed by atoms with Crippen LogP contribution >= 0.6 is 0 Å². The van der Waals surface area contributed by atoms with Gasteiger partial charge in [0.25, 0.3) is 0 Å². The number of rotatable bonds is 11. The summed E-state index contributed by atoms with van der Waals surface area (Å²) < 4.78 is 10.1. The zero-order chi connectivity index (χ0) is 17.6. The number of amides is 1. The van der Waals surface area contributed by atoms with Crippen molar-refractivity contribution in [2.75, 3.05) is 13.7 Å². The minimum Gasteiger partial charge on any atom is -0.467 e. The third-order valence-electron chi connectivity index (χ3n) is 4.17. The van der Waals surface area contributed by atoms with Crippen LogP contribution < -0.4 is 5.32 Å². The molecule has 0 aromatic heterocycles. The van der Waals surface area contributed by atoms with Gasteiger partial charge in [-0.05, 0) is 44.1 Å². The van der Waals surface area contributed by atoms with E-state index >= 15 is 0 Å². The molecule has 8 nitrogen and oxygen atoms in total. The smallest absolute Gasteiger partial charge is 0.408 e. The maximum atomic E-state index is 11.9. The van der Waals surface area contributed by atoms with Crippen LogP contribution in [0, 0.1) is 0 Å². The fourth-order valence-corrected chi connectivity index (χ4v) is 2.83.